The lowest BCUT2D eigenvalue weighted by molar-refractivity contribution is 0.0948. The van der Waals surface area contributed by atoms with E-state index in [1.807, 2.05) is 12.1 Å². The van der Waals surface area contributed by atoms with Crippen molar-refractivity contribution in [1.29, 1.82) is 0 Å². The normalized spacial score (nSPS) is 14.0. The molecule has 21 heavy (non-hydrogen) atoms. The molecule has 0 unspecified atom stereocenters. The predicted molar refractivity (Wildman–Crippen MR) is 78.6 cm³/mol. The van der Waals surface area contributed by atoms with Gasteiger partial charge in [0.2, 0.25) is 0 Å². The second-order valence-electron chi connectivity index (χ2n) is 5.31. The maximum atomic E-state index is 13.5. The van der Waals surface area contributed by atoms with E-state index in [0.717, 1.165) is 18.4 Å². The summed E-state index contributed by atoms with van der Waals surface area (Å²) < 4.78 is 13.5. The first-order valence-electron chi connectivity index (χ1n) is 7.22. The Morgan fingerprint density at radius 3 is 2.81 bits per heavy atom. The van der Waals surface area contributed by atoms with Gasteiger partial charge in [-0.1, -0.05) is 24.3 Å². The Morgan fingerprint density at radius 1 is 1.24 bits per heavy atom. The summed E-state index contributed by atoms with van der Waals surface area (Å²) in [7, 11) is 0. The summed E-state index contributed by atoms with van der Waals surface area (Å²) in [6.07, 6.45) is 4.37. The molecule has 4 heteroatoms. The molecule has 0 spiro atoms. The number of halogens is 1. The molecule has 0 radical (unpaired) electrons. The van der Waals surface area contributed by atoms with Gasteiger partial charge in [0.05, 0.1) is 0 Å². The number of carbonyl (C=O) groups is 1. The van der Waals surface area contributed by atoms with Crippen molar-refractivity contribution in [3.63, 3.8) is 0 Å². The molecule has 1 amide bonds. The lowest BCUT2D eigenvalue weighted by Gasteiger charge is -2.09. The van der Waals surface area contributed by atoms with Crippen LogP contribution in [-0.2, 0) is 6.42 Å². The minimum atomic E-state index is -0.233. The number of benzene rings is 1. The van der Waals surface area contributed by atoms with Crippen LogP contribution in [0.1, 0.15) is 40.4 Å². The number of hydrogen-bond acceptors (Lipinski definition) is 2. The van der Waals surface area contributed by atoms with Crippen LogP contribution in [0.3, 0.4) is 0 Å². The average molecular weight is 284 g/mol. The van der Waals surface area contributed by atoms with Crippen molar-refractivity contribution in [2.45, 2.75) is 25.2 Å². The Labute approximate surface area is 123 Å². The SMILES string of the molecule is O=C(NCCc1ccccc1F)c1ncccc1C1CC1. The maximum absolute atomic E-state index is 13.5. The van der Waals surface area contributed by atoms with Gasteiger partial charge in [-0.3, -0.25) is 9.78 Å². The first-order valence-corrected chi connectivity index (χ1v) is 7.22. The van der Waals surface area contributed by atoms with Crippen molar-refractivity contribution in [1.82, 2.24) is 10.3 Å². The van der Waals surface area contributed by atoms with Gasteiger partial charge in [-0.05, 0) is 48.4 Å². The first kappa shape index (κ1) is 13.7. The maximum Gasteiger partial charge on any atom is 0.270 e. The van der Waals surface area contributed by atoms with E-state index in [1.165, 1.54) is 6.07 Å². The highest BCUT2D eigenvalue weighted by Crippen LogP contribution is 2.41. The molecule has 3 rings (SSSR count). The molecule has 1 aliphatic rings. The van der Waals surface area contributed by atoms with Crippen molar-refractivity contribution >= 4 is 5.91 Å². The Morgan fingerprint density at radius 2 is 2.05 bits per heavy atom. The van der Waals surface area contributed by atoms with Gasteiger partial charge in [-0.15, -0.1) is 0 Å². The van der Waals surface area contributed by atoms with Crippen molar-refractivity contribution in [2.24, 2.45) is 0 Å². The second-order valence-corrected chi connectivity index (χ2v) is 5.31. The number of carbonyl (C=O) groups excluding carboxylic acids is 1. The van der Waals surface area contributed by atoms with Gasteiger partial charge < -0.3 is 5.32 Å². The fourth-order valence-electron chi connectivity index (χ4n) is 2.43. The van der Waals surface area contributed by atoms with Crippen LogP contribution in [0.25, 0.3) is 0 Å². The highest BCUT2D eigenvalue weighted by molar-refractivity contribution is 5.94. The molecule has 1 fully saturated rings. The molecule has 2 aromatic rings. The third-order valence-electron chi connectivity index (χ3n) is 3.71. The monoisotopic (exact) mass is 284 g/mol. The van der Waals surface area contributed by atoms with Gasteiger partial charge in [-0.2, -0.15) is 0 Å². The molecule has 1 N–H and O–H groups in total. The quantitative estimate of drug-likeness (QED) is 0.917. The van der Waals surface area contributed by atoms with Crippen LogP contribution in [0, 0.1) is 5.82 Å². The van der Waals surface area contributed by atoms with Crippen LogP contribution in [0.5, 0.6) is 0 Å². The van der Waals surface area contributed by atoms with E-state index in [-0.39, 0.29) is 11.7 Å². The van der Waals surface area contributed by atoms with Crippen molar-refractivity contribution in [2.75, 3.05) is 6.54 Å². The third kappa shape index (κ3) is 3.27. The van der Waals surface area contributed by atoms with E-state index in [1.54, 1.807) is 24.4 Å². The highest BCUT2D eigenvalue weighted by Gasteiger charge is 2.28. The van der Waals surface area contributed by atoms with Crippen molar-refractivity contribution in [3.05, 3.63) is 65.2 Å². The van der Waals surface area contributed by atoms with Gasteiger partial charge in [0.15, 0.2) is 0 Å². The molecule has 108 valence electrons. The summed E-state index contributed by atoms with van der Waals surface area (Å²) in [6.45, 7) is 0.403. The number of nitrogens with one attached hydrogen (secondary N) is 1. The van der Waals surface area contributed by atoms with E-state index < -0.39 is 0 Å². The molecule has 0 saturated heterocycles. The van der Waals surface area contributed by atoms with E-state index in [4.69, 9.17) is 0 Å². The molecule has 1 aromatic heterocycles. The summed E-state index contributed by atoms with van der Waals surface area (Å²) >= 11 is 0. The number of amides is 1. The number of rotatable bonds is 5. The van der Waals surface area contributed by atoms with Crippen LogP contribution >= 0.6 is 0 Å². The smallest absolute Gasteiger partial charge is 0.270 e. The summed E-state index contributed by atoms with van der Waals surface area (Å²) in [5, 5.41) is 2.83. The fraction of sp³-hybridized carbons (Fsp3) is 0.294. The van der Waals surface area contributed by atoms with Gasteiger partial charge in [0.1, 0.15) is 11.5 Å². The van der Waals surface area contributed by atoms with Crippen LogP contribution in [0.4, 0.5) is 4.39 Å². The van der Waals surface area contributed by atoms with Gasteiger partial charge in [-0.25, -0.2) is 4.39 Å². The molecule has 1 aromatic carbocycles. The van der Waals surface area contributed by atoms with Crippen LogP contribution < -0.4 is 5.32 Å². The van der Waals surface area contributed by atoms with E-state index in [9.17, 15) is 9.18 Å². The van der Waals surface area contributed by atoms with Crippen molar-refractivity contribution < 1.29 is 9.18 Å². The van der Waals surface area contributed by atoms with Crippen molar-refractivity contribution in [3.8, 4) is 0 Å². The van der Waals surface area contributed by atoms with E-state index in [2.05, 4.69) is 10.3 Å². The summed E-state index contributed by atoms with van der Waals surface area (Å²) in [6, 6.07) is 10.5. The minimum Gasteiger partial charge on any atom is -0.350 e. The summed E-state index contributed by atoms with van der Waals surface area (Å²) in [5.41, 5.74) is 2.15. The van der Waals surface area contributed by atoms with Gasteiger partial charge >= 0.3 is 0 Å². The lowest BCUT2D eigenvalue weighted by atomic mass is 10.1. The number of nitrogens with zero attached hydrogens (tertiary/aromatic N) is 1. The molecular formula is C17H17FN2O. The van der Waals surface area contributed by atoms with Crippen LogP contribution in [0.2, 0.25) is 0 Å². The minimum absolute atomic E-state index is 0.172. The van der Waals surface area contributed by atoms with E-state index in [0.29, 0.717) is 30.1 Å². The predicted octanol–water partition coefficient (Wildman–Crippen LogP) is 3.07. The lowest BCUT2D eigenvalue weighted by Crippen LogP contribution is -2.27. The molecule has 0 atom stereocenters. The van der Waals surface area contributed by atoms with E-state index >= 15 is 0 Å². The number of pyridine rings is 1. The molecule has 1 saturated carbocycles. The Kier molecular flexibility index (Phi) is 3.95. The first-order chi connectivity index (χ1) is 10.3. The molecule has 1 aliphatic carbocycles. The largest absolute Gasteiger partial charge is 0.350 e. The Balaban J connectivity index is 1.61. The topological polar surface area (TPSA) is 42.0 Å². The zero-order valence-electron chi connectivity index (χ0n) is 11.7. The van der Waals surface area contributed by atoms with Gasteiger partial charge in [0, 0.05) is 12.7 Å². The molecular weight excluding hydrogens is 267 g/mol. The molecule has 0 bridgehead atoms. The summed E-state index contributed by atoms with van der Waals surface area (Å²) in [4.78, 5) is 16.4. The Bertz CT molecular complexity index is 653. The molecule has 3 nitrogen and oxygen atoms in total. The zero-order valence-corrected chi connectivity index (χ0v) is 11.7. The summed E-state index contributed by atoms with van der Waals surface area (Å²) in [5.74, 6) is 0.0723. The second kappa shape index (κ2) is 6.04. The van der Waals surface area contributed by atoms with Crippen LogP contribution in [0.15, 0.2) is 42.6 Å². The third-order valence-corrected chi connectivity index (χ3v) is 3.71. The van der Waals surface area contributed by atoms with Crippen LogP contribution in [-0.4, -0.2) is 17.4 Å². The highest BCUT2D eigenvalue weighted by atomic mass is 19.1. The van der Waals surface area contributed by atoms with Gasteiger partial charge in [0.25, 0.3) is 5.91 Å². The fourth-order valence-corrected chi connectivity index (χ4v) is 2.43. The zero-order chi connectivity index (χ0) is 14.7. The number of aromatic nitrogens is 1. The number of hydrogen-bond donors (Lipinski definition) is 1. The average Bonchev–Trinajstić information content (AvgIpc) is 3.34. The molecule has 1 heterocycles. The Hall–Kier alpha value is -2.23. The standard InChI is InChI=1S/C17H17FN2O/c18-15-6-2-1-4-13(15)9-11-20-17(21)16-14(12-7-8-12)5-3-10-19-16/h1-6,10,12H,7-9,11H2,(H,20,21). The molecule has 0 aliphatic heterocycles.